The molecule has 0 aliphatic heterocycles. The lowest BCUT2D eigenvalue weighted by Crippen LogP contribution is -2.29. The first-order valence-electron chi connectivity index (χ1n) is 5.73. The molecule has 2 nitrogen and oxygen atoms in total. The molecule has 1 saturated carbocycles. The molecule has 1 atom stereocenters. The summed E-state index contributed by atoms with van der Waals surface area (Å²) in [6.07, 6.45) is 8.46. The maximum atomic E-state index is 5.57. The summed E-state index contributed by atoms with van der Waals surface area (Å²) in [5, 5.41) is 0. The third kappa shape index (κ3) is 4.10. The average molecular weight is 185 g/mol. The summed E-state index contributed by atoms with van der Waals surface area (Å²) in [5.41, 5.74) is 3.03. The second-order valence-electron chi connectivity index (χ2n) is 4.12. The molecular formula is C11H23NO. The van der Waals surface area contributed by atoms with E-state index in [1.165, 1.54) is 32.1 Å². The van der Waals surface area contributed by atoms with Gasteiger partial charge in [-0.2, -0.15) is 0 Å². The van der Waals surface area contributed by atoms with E-state index in [1.807, 2.05) is 0 Å². The maximum absolute atomic E-state index is 5.57. The molecule has 1 fully saturated rings. The number of hydrogen-bond donors (Lipinski definition) is 1. The fourth-order valence-corrected chi connectivity index (χ4v) is 1.99. The first kappa shape index (κ1) is 11.0. The van der Waals surface area contributed by atoms with Gasteiger partial charge in [-0.05, 0) is 32.1 Å². The van der Waals surface area contributed by atoms with E-state index in [1.54, 1.807) is 0 Å². The Labute approximate surface area is 82.0 Å². The van der Waals surface area contributed by atoms with Gasteiger partial charge in [0, 0.05) is 6.54 Å². The van der Waals surface area contributed by atoms with E-state index >= 15 is 0 Å². The van der Waals surface area contributed by atoms with Gasteiger partial charge in [-0.25, -0.2) is 5.48 Å². The van der Waals surface area contributed by atoms with Gasteiger partial charge in [0.15, 0.2) is 0 Å². The average Bonchev–Trinajstić information content (AvgIpc) is 2.19. The summed E-state index contributed by atoms with van der Waals surface area (Å²) < 4.78 is 0. The summed E-state index contributed by atoms with van der Waals surface area (Å²) in [5.74, 6) is 0.790. The second kappa shape index (κ2) is 6.39. The molecule has 0 heterocycles. The molecule has 2 heteroatoms. The van der Waals surface area contributed by atoms with Crippen LogP contribution in [0.2, 0.25) is 0 Å². The standard InChI is InChI=1S/C11H23NO/c1-3-9-12-13-10(2)11-7-5-4-6-8-11/h10-12H,3-9H2,1-2H3. The molecule has 0 amide bonds. The van der Waals surface area contributed by atoms with Crippen molar-refractivity contribution in [2.75, 3.05) is 6.54 Å². The number of hydrogen-bond acceptors (Lipinski definition) is 2. The number of rotatable bonds is 5. The highest BCUT2D eigenvalue weighted by atomic mass is 16.7. The van der Waals surface area contributed by atoms with E-state index in [-0.39, 0.29) is 0 Å². The Morgan fingerprint density at radius 3 is 2.62 bits per heavy atom. The van der Waals surface area contributed by atoms with Crippen molar-refractivity contribution < 1.29 is 4.84 Å². The molecule has 1 aliphatic carbocycles. The predicted octanol–water partition coefficient (Wildman–Crippen LogP) is 2.89. The maximum Gasteiger partial charge on any atom is 0.0790 e. The zero-order chi connectivity index (χ0) is 9.52. The largest absolute Gasteiger partial charge is 0.299 e. The molecule has 0 spiro atoms. The molecule has 1 rings (SSSR count). The van der Waals surface area contributed by atoms with Crippen LogP contribution >= 0.6 is 0 Å². The van der Waals surface area contributed by atoms with Crippen molar-refractivity contribution in [1.29, 1.82) is 0 Å². The first-order valence-corrected chi connectivity index (χ1v) is 5.73. The molecular weight excluding hydrogens is 162 g/mol. The third-order valence-electron chi connectivity index (χ3n) is 2.93. The summed E-state index contributed by atoms with van der Waals surface area (Å²) in [6, 6.07) is 0. The van der Waals surface area contributed by atoms with Crippen molar-refractivity contribution in [1.82, 2.24) is 5.48 Å². The highest BCUT2D eigenvalue weighted by Crippen LogP contribution is 2.27. The molecule has 0 aromatic rings. The summed E-state index contributed by atoms with van der Waals surface area (Å²) in [4.78, 5) is 5.57. The topological polar surface area (TPSA) is 21.3 Å². The molecule has 0 radical (unpaired) electrons. The Morgan fingerprint density at radius 1 is 1.31 bits per heavy atom. The summed E-state index contributed by atoms with van der Waals surface area (Å²) in [7, 11) is 0. The van der Waals surface area contributed by atoms with Crippen molar-refractivity contribution >= 4 is 0 Å². The quantitative estimate of drug-likeness (QED) is 0.525. The van der Waals surface area contributed by atoms with Crippen LogP contribution in [0, 0.1) is 5.92 Å². The van der Waals surface area contributed by atoms with Crippen LogP contribution in [0.1, 0.15) is 52.4 Å². The van der Waals surface area contributed by atoms with E-state index in [4.69, 9.17) is 4.84 Å². The monoisotopic (exact) mass is 185 g/mol. The van der Waals surface area contributed by atoms with Gasteiger partial charge in [0.1, 0.15) is 0 Å². The van der Waals surface area contributed by atoms with Gasteiger partial charge in [0.2, 0.25) is 0 Å². The van der Waals surface area contributed by atoms with Crippen molar-refractivity contribution in [2.45, 2.75) is 58.5 Å². The minimum Gasteiger partial charge on any atom is -0.299 e. The Bertz CT molecular complexity index is 121. The summed E-state index contributed by atoms with van der Waals surface area (Å²) >= 11 is 0. The van der Waals surface area contributed by atoms with E-state index in [0.717, 1.165) is 18.9 Å². The zero-order valence-electron chi connectivity index (χ0n) is 9.01. The van der Waals surface area contributed by atoms with E-state index in [0.29, 0.717) is 6.10 Å². The molecule has 0 bridgehead atoms. The van der Waals surface area contributed by atoms with Crippen molar-refractivity contribution in [2.24, 2.45) is 5.92 Å². The van der Waals surface area contributed by atoms with Crippen LogP contribution in [-0.2, 0) is 4.84 Å². The Morgan fingerprint density at radius 2 is 2.00 bits per heavy atom. The highest BCUT2D eigenvalue weighted by molar-refractivity contribution is 4.70. The smallest absolute Gasteiger partial charge is 0.0790 e. The third-order valence-corrected chi connectivity index (χ3v) is 2.93. The molecule has 0 aromatic heterocycles. The fourth-order valence-electron chi connectivity index (χ4n) is 1.99. The molecule has 1 unspecified atom stereocenters. The lowest BCUT2D eigenvalue weighted by molar-refractivity contribution is -0.0520. The van der Waals surface area contributed by atoms with Gasteiger partial charge in [-0.3, -0.25) is 4.84 Å². The van der Waals surface area contributed by atoms with Crippen molar-refractivity contribution in [3.05, 3.63) is 0 Å². The van der Waals surface area contributed by atoms with E-state index in [9.17, 15) is 0 Å². The lowest BCUT2D eigenvalue weighted by atomic mass is 9.86. The molecule has 0 saturated heterocycles. The fraction of sp³-hybridized carbons (Fsp3) is 1.00. The van der Waals surface area contributed by atoms with Gasteiger partial charge < -0.3 is 0 Å². The minimum absolute atomic E-state index is 0.395. The van der Waals surface area contributed by atoms with E-state index in [2.05, 4.69) is 19.3 Å². The number of nitrogens with one attached hydrogen (secondary N) is 1. The van der Waals surface area contributed by atoms with Gasteiger partial charge in [-0.1, -0.05) is 26.2 Å². The second-order valence-corrected chi connectivity index (χ2v) is 4.12. The number of hydroxylamine groups is 1. The minimum atomic E-state index is 0.395. The first-order chi connectivity index (χ1) is 6.34. The van der Waals surface area contributed by atoms with Gasteiger partial charge in [0.25, 0.3) is 0 Å². The van der Waals surface area contributed by atoms with Crippen LogP contribution in [0.15, 0.2) is 0 Å². The van der Waals surface area contributed by atoms with Crippen LogP contribution in [0.4, 0.5) is 0 Å². The molecule has 78 valence electrons. The van der Waals surface area contributed by atoms with Gasteiger partial charge in [-0.15, -0.1) is 0 Å². The summed E-state index contributed by atoms with van der Waals surface area (Å²) in [6.45, 7) is 5.32. The molecule has 1 aliphatic rings. The van der Waals surface area contributed by atoms with Crippen LogP contribution in [-0.4, -0.2) is 12.6 Å². The predicted molar refractivity (Wildman–Crippen MR) is 55.4 cm³/mol. The highest BCUT2D eigenvalue weighted by Gasteiger charge is 2.20. The van der Waals surface area contributed by atoms with Crippen molar-refractivity contribution in [3.63, 3.8) is 0 Å². The van der Waals surface area contributed by atoms with E-state index < -0.39 is 0 Å². The molecule has 0 aromatic carbocycles. The Balaban J connectivity index is 2.09. The van der Waals surface area contributed by atoms with Gasteiger partial charge >= 0.3 is 0 Å². The van der Waals surface area contributed by atoms with Crippen LogP contribution in [0.25, 0.3) is 0 Å². The van der Waals surface area contributed by atoms with Crippen LogP contribution in [0.5, 0.6) is 0 Å². The Kier molecular flexibility index (Phi) is 5.40. The zero-order valence-corrected chi connectivity index (χ0v) is 9.01. The Hall–Kier alpha value is -0.0800. The normalized spacial score (nSPS) is 21.7. The van der Waals surface area contributed by atoms with Gasteiger partial charge in [0.05, 0.1) is 6.10 Å². The van der Waals surface area contributed by atoms with Crippen molar-refractivity contribution in [3.8, 4) is 0 Å². The lowest BCUT2D eigenvalue weighted by Gasteiger charge is -2.27. The molecule has 13 heavy (non-hydrogen) atoms. The SMILES string of the molecule is CCCNOC(C)C1CCCCC1. The van der Waals surface area contributed by atoms with Crippen LogP contribution in [0.3, 0.4) is 0 Å². The van der Waals surface area contributed by atoms with Crippen LogP contribution < -0.4 is 5.48 Å². The molecule has 1 N–H and O–H groups in total.